The number of carbonyl (C=O) groups is 1. The monoisotopic (exact) mass is 314 g/mol. The number of rotatable bonds is 5. The van der Waals surface area contributed by atoms with Crippen LogP contribution in [0.1, 0.15) is 5.56 Å². The average Bonchev–Trinajstić information content (AvgIpc) is 2.43. The molecule has 4 nitrogen and oxygen atoms in total. The minimum absolute atomic E-state index is 0.367. The molecule has 0 unspecified atom stereocenters. The zero-order valence-corrected chi connectivity index (χ0v) is 12.1. The first kappa shape index (κ1) is 14.6. The van der Waals surface area contributed by atoms with Crippen molar-refractivity contribution in [2.45, 2.75) is 0 Å². The summed E-state index contributed by atoms with van der Waals surface area (Å²) in [6.07, 6.45) is 1.73. The number of carbonyl (C=O) groups excluding carboxylic acids is 1. The van der Waals surface area contributed by atoms with Crippen molar-refractivity contribution in [3.8, 4) is 11.5 Å². The van der Waals surface area contributed by atoms with Crippen molar-refractivity contribution in [3.05, 3.63) is 29.3 Å². The molecule has 0 heterocycles. The van der Waals surface area contributed by atoms with Crippen molar-refractivity contribution in [1.29, 1.82) is 0 Å². The van der Waals surface area contributed by atoms with Gasteiger partial charge in [0.15, 0.2) is 0 Å². The SMILES string of the molecule is COC(=O)/C(=C/c1cc(OC)cc(OC)c1)CBr. The lowest BCUT2D eigenvalue weighted by Crippen LogP contribution is -2.05. The van der Waals surface area contributed by atoms with Gasteiger partial charge in [-0.25, -0.2) is 4.79 Å². The Morgan fingerprint density at radius 2 is 1.72 bits per heavy atom. The van der Waals surface area contributed by atoms with Crippen LogP contribution in [-0.2, 0) is 9.53 Å². The molecule has 0 atom stereocenters. The van der Waals surface area contributed by atoms with E-state index in [0.717, 1.165) is 5.56 Å². The van der Waals surface area contributed by atoms with E-state index in [1.165, 1.54) is 7.11 Å². The van der Waals surface area contributed by atoms with Gasteiger partial charge in [0.25, 0.3) is 0 Å². The van der Waals surface area contributed by atoms with E-state index in [-0.39, 0.29) is 5.97 Å². The van der Waals surface area contributed by atoms with Gasteiger partial charge in [0.1, 0.15) is 11.5 Å². The summed E-state index contributed by atoms with van der Waals surface area (Å²) < 4.78 is 15.0. The lowest BCUT2D eigenvalue weighted by Gasteiger charge is -2.07. The maximum Gasteiger partial charge on any atom is 0.334 e. The van der Waals surface area contributed by atoms with Gasteiger partial charge in [0.05, 0.1) is 21.3 Å². The minimum Gasteiger partial charge on any atom is -0.497 e. The number of halogens is 1. The molecule has 1 aromatic rings. The summed E-state index contributed by atoms with van der Waals surface area (Å²) in [4.78, 5) is 11.5. The van der Waals surface area contributed by atoms with Gasteiger partial charge in [-0.3, -0.25) is 0 Å². The third kappa shape index (κ3) is 3.77. The smallest absolute Gasteiger partial charge is 0.334 e. The highest BCUT2D eigenvalue weighted by atomic mass is 79.9. The molecular weight excluding hydrogens is 300 g/mol. The molecule has 0 fully saturated rings. The lowest BCUT2D eigenvalue weighted by molar-refractivity contribution is -0.135. The molecule has 0 aliphatic heterocycles. The Bertz CT molecular complexity index is 432. The van der Waals surface area contributed by atoms with Crippen LogP contribution in [0.5, 0.6) is 11.5 Å². The van der Waals surface area contributed by atoms with Gasteiger partial charge in [-0.15, -0.1) is 0 Å². The van der Waals surface area contributed by atoms with E-state index in [1.807, 2.05) is 12.1 Å². The maximum absolute atomic E-state index is 11.5. The average molecular weight is 315 g/mol. The fourth-order valence-corrected chi connectivity index (χ4v) is 1.79. The van der Waals surface area contributed by atoms with Crippen LogP contribution in [0.4, 0.5) is 0 Å². The first-order valence-electron chi connectivity index (χ1n) is 5.22. The molecule has 1 rings (SSSR count). The third-order valence-electron chi connectivity index (χ3n) is 2.31. The molecule has 0 saturated heterocycles. The Morgan fingerprint density at radius 1 is 1.17 bits per heavy atom. The Kier molecular flexibility index (Phi) is 5.71. The molecule has 0 radical (unpaired) electrons. The van der Waals surface area contributed by atoms with E-state index in [1.54, 1.807) is 26.4 Å². The van der Waals surface area contributed by atoms with Crippen molar-refractivity contribution < 1.29 is 19.0 Å². The van der Waals surface area contributed by atoms with Crippen LogP contribution in [0.15, 0.2) is 23.8 Å². The molecule has 0 spiro atoms. The first-order valence-corrected chi connectivity index (χ1v) is 6.34. The van der Waals surface area contributed by atoms with E-state index in [9.17, 15) is 4.79 Å². The van der Waals surface area contributed by atoms with Crippen LogP contribution in [0.2, 0.25) is 0 Å². The predicted molar refractivity (Wildman–Crippen MR) is 73.3 cm³/mol. The van der Waals surface area contributed by atoms with Gasteiger partial charge in [0.2, 0.25) is 0 Å². The first-order chi connectivity index (χ1) is 8.64. The van der Waals surface area contributed by atoms with Gasteiger partial charge in [0, 0.05) is 17.0 Å². The summed E-state index contributed by atoms with van der Waals surface area (Å²) in [7, 11) is 4.51. The van der Waals surface area contributed by atoms with Crippen LogP contribution in [0.25, 0.3) is 6.08 Å². The molecule has 1 aromatic carbocycles. The van der Waals surface area contributed by atoms with Crippen LogP contribution in [0.3, 0.4) is 0 Å². The topological polar surface area (TPSA) is 44.8 Å². The molecule has 0 saturated carbocycles. The highest BCUT2D eigenvalue weighted by molar-refractivity contribution is 9.09. The second kappa shape index (κ2) is 7.06. The van der Waals surface area contributed by atoms with Crippen molar-refractivity contribution in [2.75, 3.05) is 26.7 Å². The molecule has 5 heteroatoms. The van der Waals surface area contributed by atoms with E-state index < -0.39 is 0 Å². The molecule has 0 aliphatic rings. The molecule has 0 bridgehead atoms. The molecule has 98 valence electrons. The molecule has 0 aromatic heterocycles. The number of hydrogen-bond acceptors (Lipinski definition) is 4. The van der Waals surface area contributed by atoms with Gasteiger partial charge in [-0.05, 0) is 23.8 Å². The quantitative estimate of drug-likeness (QED) is 0.476. The highest BCUT2D eigenvalue weighted by Gasteiger charge is 2.09. The number of ether oxygens (including phenoxy) is 3. The standard InChI is InChI=1S/C13H15BrO4/c1-16-11-5-9(6-12(7-11)17-2)4-10(8-14)13(15)18-3/h4-7H,8H2,1-3H3/b10-4+. The summed E-state index contributed by atoms with van der Waals surface area (Å²) in [5.41, 5.74) is 1.33. The molecule has 0 aliphatic carbocycles. The predicted octanol–water partition coefficient (Wildman–Crippen LogP) is 2.66. The zero-order chi connectivity index (χ0) is 13.5. The van der Waals surface area contributed by atoms with Crippen LogP contribution < -0.4 is 9.47 Å². The highest BCUT2D eigenvalue weighted by Crippen LogP contribution is 2.24. The Labute approximate surface area is 115 Å². The van der Waals surface area contributed by atoms with Crippen LogP contribution >= 0.6 is 15.9 Å². The van der Waals surface area contributed by atoms with Crippen molar-refractivity contribution in [2.24, 2.45) is 0 Å². The van der Waals surface area contributed by atoms with E-state index in [2.05, 4.69) is 20.7 Å². The van der Waals surface area contributed by atoms with Gasteiger partial charge in [-0.1, -0.05) is 15.9 Å². The Hall–Kier alpha value is -1.49. The minimum atomic E-state index is -0.367. The van der Waals surface area contributed by atoms with Gasteiger partial charge in [-0.2, -0.15) is 0 Å². The third-order valence-corrected chi connectivity index (χ3v) is 2.91. The normalized spacial score (nSPS) is 11.0. The summed E-state index contributed by atoms with van der Waals surface area (Å²) >= 11 is 3.25. The summed E-state index contributed by atoms with van der Waals surface area (Å²) in [6, 6.07) is 5.39. The van der Waals surface area contributed by atoms with Crippen LogP contribution in [-0.4, -0.2) is 32.6 Å². The van der Waals surface area contributed by atoms with Crippen molar-refractivity contribution in [3.63, 3.8) is 0 Å². The second-order valence-corrected chi connectivity index (χ2v) is 4.00. The molecule has 0 N–H and O–H groups in total. The largest absolute Gasteiger partial charge is 0.497 e. The van der Waals surface area contributed by atoms with E-state index in [0.29, 0.717) is 22.4 Å². The van der Waals surface area contributed by atoms with Crippen molar-refractivity contribution in [1.82, 2.24) is 0 Å². The van der Waals surface area contributed by atoms with Crippen LogP contribution in [0, 0.1) is 0 Å². The zero-order valence-electron chi connectivity index (χ0n) is 10.5. The fraction of sp³-hybridized carbons (Fsp3) is 0.308. The van der Waals surface area contributed by atoms with Gasteiger partial charge >= 0.3 is 5.97 Å². The summed E-state index contributed by atoms with van der Waals surface area (Å²) in [5.74, 6) is 0.965. The number of benzene rings is 1. The number of hydrogen-bond donors (Lipinski definition) is 0. The molecule has 0 amide bonds. The number of esters is 1. The molecular formula is C13H15BrO4. The maximum atomic E-state index is 11.5. The van der Waals surface area contributed by atoms with E-state index >= 15 is 0 Å². The van der Waals surface area contributed by atoms with Crippen molar-refractivity contribution >= 4 is 28.0 Å². The summed E-state index contributed by atoms with van der Waals surface area (Å²) in [5, 5.41) is 0.416. The fourth-order valence-electron chi connectivity index (χ4n) is 1.40. The van der Waals surface area contributed by atoms with Gasteiger partial charge < -0.3 is 14.2 Å². The Morgan fingerprint density at radius 3 is 2.11 bits per heavy atom. The molecule has 18 heavy (non-hydrogen) atoms. The number of alkyl halides is 1. The summed E-state index contributed by atoms with van der Waals surface area (Å²) in [6.45, 7) is 0. The second-order valence-electron chi connectivity index (χ2n) is 3.44. The number of methoxy groups -OCH3 is 3. The van der Waals surface area contributed by atoms with E-state index in [4.69, 9.17) is 9.47 Å². The lowest BCUT2D eigenvalue weighted by atomic mass is 10.1. The Balaban J connectivity index is 3.15.